The first-order valence-corrected chi connectivity index (χ1v) is 4.96. The zero-order chi connectivity index (χ0) is 10.6. The summed E-state index contributed by atoms with van der Waals surface area (Å²) < 4.78 is 0.656. The second-order valence-electron chi connectivity index (χ2n) is 2.55. The van der Waals surface area contributed by atoms with Crippen LogP contribution in [0.3, 0.4) is 0 Å². The van der Waals surface area contributed by atoms with Gasteiger partial charge in [-0.15, -0.1) is 5.10 Å². The van der Waals surface area contributed by atoms with Gasteiger partial charge in [0, 0.05) is 0 Å². The molecule has 0 bridgehead atoms. The van der Waals surface area contributed by atoms with Crippen molar-refractivity contribution in [3.8, 4) is 0 Å². The van der Waals surface area contributed by atoms with Gasteiger partial charge in [-0.2, -0.15) is 9.90 Å². The van der Waals surface area contributed by atoms with Crippen molar-refractivity contribution in [3.63, 3.8) is 0 Å². The van der Waals surface area contributed by atoms with E-state index in [0.717, 1.165) is 0 Å². The van der Waals surface area contributed by atoms with Gasteiger partial charge >= 0.3 is 0 Å². The molecule has 76 valence electrons. The number of nitrogens with one attached hydrogen (secondary N) is 1. The SMILES string of the molecule is C=CC(=O)NCc1nn(CC)nc1Br. The number of aromatic nitrogens is 3. The average molecular weight is 259 g/mol. The molecule has 1 amide bonds. The molecule has 0 atom stereocenters. The predicted molar refractivity (Wildman–Crippen MR) is 55.4 cm³/mol. The van der Waals surface area contributed by atoms with Crippen molar-refractivity contribution >= 4 is 21.8 Å². The number of carbonyl (C=O) groups is 1. The minimum absolute atomic E-state index is 0.219. The number of hydrogen-bond acceptors (Lipinski definition) is 3. The van der Waals surface area contributed by atoms with Crippen LogP contribution in [0, 0.1) is 0 Å². The van der Waals surface area contributed by atoms with Crippen molar-refractivity contribution in [1.82, 2.24) is 20.3 Å². The standard InChI is InChI=1S/C8H11BrN4O/c1-3-7(14)10-5-6-8(9)12-13(4-2)11-6/h3H,1,4-5H2,2H3,(H,10,14). The highest BCUT2D eigenvalue weighted by Gasteiger charge is 2.07. The third kappa shape index (κ3) is 2.66. The first-order chi connectivity index (χ1) is 6.67. The lowest BCUT2D eigenvalue weighted by molar-refractivity contribution is -0.116. The fourth-order valence-electron chi connectivity index (χ4n) is 0.855. The fourth-order valence-corrected chi connectivity index (χ4v) is 1.26. The molecule has 1 N–H and O–H groups in total. The Morgan fingerprint density at radius 3 is 2.93 bits per heavy atom. The van der Waals surface area contributed by atoms with E-state index in [-0.39, 0.29) is 5.91 Å². The zero-order valence-electron chi connectivity index (χ0n) is 7.83. The van der Waals surface area contributed by atoms with Crippen molar-refractivity contribution in [1.29, 1.82) is 0 Å². The van der Waals surface area contributed by atoms with E-state index in [4.69, 9.17) is 0 Å². The molecular formula is C8H11BrN4O. The normalized spacial score (nSPS) is 9.86. The number of amides is 1. The van der Waals surface area contributed by atoms with E-state index in [1.807, 2.05) is 6.92 Å². The lowest BCUT2D eigenvalue weighted by Crippen LogP contribution is -2.20. The van der Waals surface area contributed by atoms with Gasteiger partial charge in [-0.3, -0.25) is 4.79 Å². The molecule has 0 aromatic carbocycles. The van der Waals surface area contributed by atoms with Gasteiger partial charge in [0.2, 0.25) is 5.91 Å². The minimum atomic E-state index is -0.219. The lowest BCUT2D eigenvalue weighted by atomic mass is 10.4. The summed E-state index contributed by atoms with van der Waals surface area (Å²) in [6, 6.07) is 0. The third-order valence-corrected chi connectivity index (χ3v) is 2.19. The first kappa shape index (κ1) is 10.9. The quantitative estimate of drug-likeness (QED) is 0.816. The lowest BCUT2D eigenvalue weighted by Gasteiger charge is -1.97. The van der Waals surface area contributed by atoms with Gasteiger partial charge in [-0.25, -0.2) is 0 Å². The molecule has 1 aromatic heterocycles. The summed E-state index contributed by atoms with van der Waals surface area (Å²) in [4.78, 5) is 12.4. The van der Waals surface area contributed by atoms with Crippen LogP contribution in [0.1, 0.15) is 12.6 Å². The maximum Gasteiger partial charge on any atom is 0.243 e. The Bertz CT molecular complexity index is 347. The number of halogens is 1. The Morgan fingerprint density at radius 2 is 2.43 bits per heavy atom. The molecule has 0 saturated carbocycles. The highest BCUT2D eigenvalue weighted by molar-refractivity contribution is 9.10. The molecular weight excluding hydrogens is 248 g/mol. The Morgan fingerprint density at radius 1 is 1.71 bits per heavy atom. The second-order valence-corrected chi connectivity index (χ2v) is 3.30. The number of carbonyl (C=O) groups excluding carboxylic acids is 1. The van der Waals surface area contributed by atoms with Crippen LogP contribution in [0.4, 0.5) is 0 Å². The Labute approximate surface area is 90.3 Å². The molecule has 6 heteroatoms. The molecule has 1 heterocycles. The summed E-state index contributed by atoms with van der Waals surface area (Å²) in [5, 5.41) is 10.8. The molecule has 1 aromatic rings. The van der Waals surface area contributed by atoms with Gasteiger partial charge in [0.15, 0.2) is 4.60 Å². The number of aryl methyl sites for hydroxylation is 1. The van der Waals surface area contributed by atoms with Gasteiger partial charge in [0.05, 0.1) is 13.1 Å². The number of nitrogens with zero attached hydrogens (tertiary/aromatic N) is 3. The summed E-state index contributed by atoms with van der Waals surface area (Å²) in [5.74, 6) is -0.219. The molecule has 0 spiro atoms. The van der Waals surface area contributed by atoms with E-state index in [9.17, 15) is 4.79 Å². The molecule has 0 fully saturated rings. The maximum absolute atomic E-state index is 10.9. The molecule has 14 heavy (non-hydrogen) atoms. The first-order valence-electron chi connectivity index (χ1n) is 4.17. The molecule has 0 unspecified atom stereocenters. The summed E-state index contributed by atoms with van der Waals surface area (Å²) in [6.45, 7) is 6.35. The van der Waals surface area contributed by atoms with Gasteiger partial charge in [-0.05, 0) is 28.9 Å². The van der Waals surface area contributed by atoms with Crippen LogP contribution in [0.25, 0.3) is 0 Å². The fraction of sp³-hybridized carbons (Fsp3) is 0.375. The summed E-state index contributed by atoms with van der Waals surface area (Å²) >= 11 is 3.26. The Hall–Kier alpha value is -1.17. The van der Waals surface area contributed by atoms with Gasteiger partial charge < -0.3 is 5.32 Å². The average Bonchev–Trinajstić information content (AvgIpc) is 2.55. The van der Waals surface area contributed by atoms with E-state index in [0.29, 0.717) is 23.4 Å². The van der Waals surface area contributed by atoms with Crippen LogP contribution in [0.15, 0.2) is 17.3 Å². The molecule has 5 nitrogen and oxygen atoms in total. The van der Waals surface area contributed by atoms with Gasteiger partial charge in [0.25, 0.3) is 0 Å². The Balaban J connectivity index is 2.62. The molecule has 1 rings (SSSR count). The molecule has 0 aliphatic carbocycles. The monoisotopic (exact) mass is 258 g/mol. The number of rotatable bonds is 4. The topological polar surface area (TPSA) is 59.8 Å². The second kappa shape index (κ2) is 4.90. The zero-order valence-corrected chi connectivity index (χ0v) is 9.41. The molecule has 0 radical (unpaired) electrons. The van der Waals surface area contributed by atoms with E-state index in [2.05, 4.69) is 38.0 Å². The summed E-state index contributed by atoms with van der Waals surface area (Å²) in [5.41, 5.74) is 0.710. The highest BCUT2D eigenvalue weighted by Crippen LogP contribution is 2.10. The van der Waals surface area contributed by atoms with Crippen molar-refractivity contribution in [3.05, 3.63) is 23.0 Å². The van der Waals surface area contributed by atoms with E-state index >= 15 is 0 Å². The van der Waals surface area contributed by atoms with Crippen molar-refractivity contribution in [2.45, 2.75) is 20.0 Å². The van der Waals surface area contributed by atoms with Crippen LogP contribution in [-0.2, 0) is 17.9 Å². The third-order valence-electron chi connectivity index (χ3n) is 1.58. The van der Waals surface area contributed by atoms with Crippen molar-refractivity contribution in [2.75, 3.05) is 0 Å². The van der Waals surface area contributed by atoms with Crippen LogP contribution in [0.5, 0.6) is 0 Å². The van der Waals surface area contributed by atoms with Gasteiger partial charge in [0.1, 0.15) is 5.69 Å². The van der Waals surface area contributed by atoms with Crippen molar-refractivity contribution in [2.24, 2.45) is 0 Å². The van der Waals surface area contributed by atoms with Crippen molar-refractivity contribution < 1.29 is 4.79 Å². The van der Waals surface area contributed by atoms with Gasteiger partial charge in [-0.1, -0.05) is 6.58 Å². The van der Waals surface area contributed by atoms with E-state index in [1.165, 1.54) is 6.08 Å². The summed E-state index contributed by atoms with van der Waals surface area (Å²) in [6.07, 6.45) is 1.22. The predicted octanol–water partition coefficient (Wildman–Crippen LogP) is 0.863. The molecule has 0 saturated heterocycles. The van der Waals surface area contributed by atoms with Crippen LogP contribution in [0.2, 0.25) is 0 Å². The highest BCUT2D eigenvalue weighted by atomic mass is 79.9. The van der Waals surface area contributed by atoms with E-state index in [1.54, 1.807) is 4.80 Å². The smallest absolute Gasteiger partial charge is 0.243 e. The van der Waals surface area contributed by atoms with Crippen LogP contribution in [-0.4, -0.2) is 20.9 Å². The molecule has 0 aliphatic rings. The summed E-state index contributed by atoms with van der Waals surface area (Å²) in [7, 11) is 0. The minimum Gasteiger partial charge on any atom is -0.347 e. The van der Waals surface area contributed by atoms with Crippen LogP contribution >= 0.6 is 15.9 Å². The largest absolute Gasteiger partial charge is 0.347 e. The number of hydrogen-bond donors (Lipinski definition) is 1. The van der Waals surface area contributed by atoms with Crippen LogP contribution < -0.4 is 5.32 Å². The maximum atomic E-state index is 10.9. The Kier molecular flexibility index (Phi) is 3.82. The molecule has 0 aliphatic heterocycles. The van der Waals surface area contributed by atoms with E-state index < -0.39 is 0 Å².